The summed E-state index contributed by atoms with van der Waals surface area (Å²) in [5.41, 5.74) is 4.46. The number of thiophene rings is 1. The predicted octanol–water partition coefficient (Wildman–Crippen LogP) is 3.93. The number of nitrogens with zero attached hydrogens (tertiary/aromatic N) is 2. The molecular formula is C20H24N4OS. The van der Waals surface area contributed by atoms with Crippen LogP contribution in [0.4, 0.5) is 0 Å². The van der Waals surface area contributed by atoms with E-state index in [0.717, 1.165) is 36.7 Å². The van der Waals surface area contributed by atoms with E-state index in [9.17, 15) is 0 Å². The zero-order valence-electron chi connectivity index (χ0n) is 15.4. The molecule has 0 fully saturated rings. The summed E-state index contributed by atoms with van der Waals surface area (Å²) in [5, 5.41) is 8.77. The lowest BCUT2D eigenvalue weighted by Crippen LogP contribution is -2.37. The summed E-state index contributed by atoms with van der Waals surface area (Å²) < 4.78 is 5.60. The first-order valence-electron chi connectivity index (χ1n) is 8.64. The normalized spacial score (nSPS) is 11.6. The van der Waals surface area contributed by atoms with Gasteiger partial charge in [0.25, 0.3) is 0 Å². The van der Waals surface area contributed by atoms with Gasteiger partial charge in [-0.3, -0.25) is 4.99 Å². The fourth-order valence-corrected chi connectivity index (χ4v) is 3.38. The average molecular weight is 369 g/mol. The monoisotopic (exact) mass is 368 g/mol. The third-order valence-electron chi connectivity index (χ3n) is 4.13. The van der Waals surface area contributed by atoms with Crippen molar-refractivity contribution in [1.29, 1.82) is 0 Å². The molecule has 2 N–H and O–H groups in total. The van der Waals surface area contributed by atoms with Crippen molar-refractivity contribution in [1.82, 2.24) is 15.6 Å². The van der Waals surface area contributed by atoms with Gasteiger partial charge >= 0.3 is 0 Å². The minimum atomic E-state index is 0.663. The van der Waals surface area contributed by atoms with Crippen molar-refractivity contribution in [2.45, 2.75) is 26.8 Å². The van der Waals surface area contributed by atoms with Crippen LogP contribution < -0.4 is 10.6 Å². The second kappa shape index (κ2) is 8.67. The van der Waals surface area contributed by atoms with Gasteiger partial charge in [0.15, 0.2) is 5.96 Å². The van der Waals surface area contributed by atoms with Gasteiger partial charge in [0.2, 0.25) is 5.89 Å². The van der Waals surface area contributed by atoms with E-state index in [1.165, 1.54) is 16.0 Å². The molecule has 1 aromatic carbocycles. The lowest BCUT2D eigenvalue weighted by atomic mass is 10.1. The SMILES string of the molecule is CN=C(NCCc1coc(-c2ccc(C)cc2)n1)NCc1sccc1C. The van der Waals surface area contributed by atoms with E-state index in [-0.39, 0.29) is 0 Å². The van der Waals surface area contributed by atoms with Gasteiger partial charge in [-0.1, -0.05) is 17.7 Å². The lowest BCUT2D eigenvalue weighted by Gasteiger charge is -2.11. The van der Waals surface area contributed by atoms with E-state index in [0.29, 0.717) is 5.89 Å². The number of hydrogen-bond donors (Lipinski definition) is 2. The van der Waals surface area contributed by atoms with Crippen LogP contribution in [0.2, 0.25) is 0 Å². The molecule has 0 bridgehead atoms. The second-order valence-electron chi connectivity index (χ2n) is 6.14. The molecule has 5 nitrogen and oxygen atoms in total. The van der Waals surface area contributed by atoms with Gasteiger partial charge in [-0.05, 0) is 43.0 Å². The predicted molar refractivity (Wildman–Crippen MR) is 108 cm³/mol. The van der Waals surface area contributed by atoms with E-state index in [1.54, 1.807) is 24.6 Å². The Morgan fingerprint density at radius 2 is 1.96 bits per heavy atom. The molecule has 2 aromatic heterocycles. The van der Waals surface area contributed by atoms with Crippen LogP contribution in [-0.4, -0.2) is 24.5 Å². The summed E-state index contributed by atoms with van der Waals surface area (Å²) in [6.07, 6.45) is 2.50. The van der Waals surface area contributed by atoms with Gasteiger partial charge in [0.05, 0.1) is 12.2 Å². The molecule has 26 heavy (non-hydrogen) atoms. The molecule has 0 spiro atoms. The molecule has 0 radical (unpaired) electrons. The van der Waals surface area contributed by atoms with Crippen LogP contribution in [0.25, 0.3) is 11.5 Å². The Morgan fingerprint density at radius 1 is 1.15 bits per heavy atom. The fourth-order valence-electron chi connectivity index (χ4n) is 2.53. The Balaban J connectivity index is 1.48. The highest BCUT2D eigenvalue weighted by Crippen LogP contribution is 2.19. The molecule has 2 heterocycles. The van der Waals surface area contributed by atoms with Gasteiger partial charge in [-0.15, -0.1) is 11.3 Å². The molecule has 0 aliphatic rings. The van der Waals surface area contributed by atoms with Gasteiger partial charge in [0, 0.05) is 30.5 Å². The third kappa shape index (κ3) is 4.73. The van der Waals surface area contributed by atoms with Crippen LogP contribution >= 0.6 is 11.3 Å². The Hall–Kier alpha value is -2.60. The van der Waals surface area contributed by atoms with E-state index in [4.69, 9.17) is 4.42 Å². The zero-order valence-corrected chi connectivity index (χ0v) is 16.2. The standard InChI is InChI=1S/C20H24N4OS/c1-14-4-6-16(7-5-14)19-24-17(13-25-19)8-10-22-20(21-3)23-12-18-15(2)9-11-26-18/h4-7,9,11,13H,8,10,12H2,1-3H3,(H2,21,22,23). The van der Waals surface area contributed by atoms with Gasteiger partial charge < -0.3 is 15.1 Å². The highest BCUT2D eigenvalue weighted by Gasteiger charge is 2.07. The maximum atomic E-state index is 5.60. The first-order chi connectivity index (χ1) is 12.7. The van der Waals surface area contributed by atoms with Gasteiger partial charge in [0.1, 0.15) is 6.26 Å². The summed E-state index contributed by atoms with van der Waals surface area (Å²) in [6.45, 7) is 5.71. The van der Waals surface area contributed by atoms with Crippen LogP contribution in [0.5, 0.6) is 0 Å². The average Bonchev–Trinajstić information content (AvgIpc) is 3.28. The van der Waals surface area contributed by atoms with Gasteiger partial charge in [-0.25, -0.2) is 4.98 Å². The lowest BCUT2D eigenvalue weighted by molar-refractivity contribution is 0.572. The summed E-state index contributed by atoms with van der Waals surface area (Å²) in [6, 6.07) is 10.3. The molecule has 3 aromatic rings. The van der Waals surface area contributed by atoms with E-state index in [2.05, 4.69) is 58.0 Å². The molecule has 6 heteroatoms. The quantitative estimate of drug-likeness (QED) is 0.511. The minimum absolute atomic E-state index is 0.663. The Labute approximate surface area is 158 Å². The van der Waals surface area contributed by atoms with Crippen LogP contribution in [0.15, 0.2) is 51.4 Å². The van der Waals surface area contributed by atoms with Crippen molar-refractivity contribution in [3.05, 3.63) is 63.7 Å². The van der Waals surface area contributed by atoms with Crippen molar-refractivity contribution in [2.75, 3.05) is 13.6 Å². The first kappa shape index (κ1) is 18.2. The molecule has 0 saturated heterocycles. The summed E-state index contributed by atoms with van der Waals surface area (Å²) in [5.74, 6) is 1.45. The molecule has 0 saturated carbocycles. The number of aromatic nitrogens is 1. The number of benzene rings is 1. The van der Waals surface area contributed by atoms with Crippen molar-refractivity contribution < 1.29 is 4.42 Å². The maximum Gasteiger partial charge on any atom is 0.226 e. The van der Waals surface area contributed by atoms with Crippen LogP contribution in [-0.2, 0) is 13.0 Å². The van der Waals surface area contributed by atoms with Crippen molar-refractivity contribution in [3.8, 4) is 11.5 Å². The summed E-state index contributed by atoms with van der Waals surface area (Å²) in [7, 11) is 1.78. The van der Waals surface area contributed by atoms with Crippen molar-refractivity contribution in [3.63, 3.8) is 0 Å². The van der Waals surface area contributed by atoms with Gasteiger partial charge in [-0.2, -0.15) is 0 Å². The maximum absolute atomic E-state index is 5.60. The largest absolute Gasteiger partial charge is 0.444 e. The fraction of sp³-hybridized carbons (Fsp3) is 0.300. The number of oxazole rings is 1. The zero-order chi connectivity index (χ0) is 18.4. The van der Waals surface area contributed by atoms with E-state index < -0.39 is 0 Å². The Morgan fingerprint density at radius 3 is 2.65 bits per heavy atom. The molecule has 0 atom stereocenters. The molecular weight excluding hydrogens is 344 g/mol. The number of aryl methyl sites for hydroxylation is 2. The number of guanidine groups is 1. The Kier molecular flexibility index (Phi) is 6.07. The third-order valence-corrected chi connectivity index (χ3v) is 5.16. The molecule has 0 unspecified atom stereocenters. The van der Waals surface area contributed by atoms with Crippen molar-refractivity contribution >= 4 is 17.3 Å². The highest BCUT2D eigenvalue weighted by molar-refractivity contribution is 7.10. The second-order valence-corrected chi connectivity index (χ2v) is 7.14. The van der Waals surface area contributed by atoms with Crippen LogP contribution in [0, 0.1) is 13.8 Å². The number of rotatable bonds is 6. The van der Waals surface area contributed by atoms with Crippen LogP contribution in [0.3, 0.4) is 0 Å². The molecule has 0 amide bonds. The van der Waals surface area contributed by atoms with Crippen molar-refractivity contribution in [2.24, 2.45) is 4.99 Å². The number of nitrogens with one attached hydrogen (secondary N) is 2. The van der Waals surface area contributed by atoms with E-state index in [1.807, 2.05) is 12.1 Å². The molecule has 0 aliphatic heterocycles. The highest BCUT2D eigenvalue weighted by atomic mass is 32.1. The minimum Gasteiger partial charge on any atom is -0.444 e. The first-order valence-corrected chi connectivity index (χ1v) is 9.52. The Bertz CT molecular complexity index is 864. The summed E-state index contributed by atoms with van der Waals surface area (Å²) >= 11 is 1.76. The van der Waals surface area contributed by atoms with Crippen LogP contribution in [0.1, 0.15) is 21.7 Å². The number of aliphatic imine (C=N–C) groups is 1. The molecule has 0 aliphatic carbocycles. The topological polar surface area (TPSA) is 62.5 Å². The molecule has 136 valence electrons. The molecule has 3 rings (SSSR count). The number of hydrogen-bond acceptors (Lipinski definition) is 4. The van der Waals surface area contributed by atoms with E-state index >= 15 is 0 Å². The summed E-state index contributed by atoms with van der Waals surface area (Å²) in [4.78, 5) is 10.2. The smallest absolute Gasteiger partial charge is 0.226 e.